The van der Waals surface area contributed by atoms with Crippen LogP contribution < -0.4 is 5.32 Å². The van der Waals surface area contributed by atoms with E-state index in [-0.39, 0.29) is 0 Å². The predicted molar refractivity (Wildman–Crippen MR) is 61.1 cm³/mol. The Labute approximate surface area is 96.0 Å². The van der Waals surface area contributed by atoms with Crippen molar-refractivity contribution in [2.75, 3.05) is 6.61 Å². The summed E-state index contributed by atoms with van der Waals surface area (Å²) < 4.78 is 7.76. The van der Waals surface area contributed by atoms with E-state index >= 15 is 0 Å². The van der Waals surface area contributed by atoms with Crippen molar-refractivity contribution < 1.29 is 4.74 Å². The van der Waals surface area contributed by atoms with Gasteiger partial charge in [-0.15, -0.1) is 0 Å². The fraction of sp³-hybridized carbons (Fsp3) is 0.750. The third-order valence-electron chi connectivity index (χ3n) is 3.27. The van der Waals surface area contributed by atoms with Crippen LogP contribution in [0.2, 0.25) is 0 Å². The van der Waals surface area contributed by atoms with Gasteiger partial charge in [0.1, 0.15) is 0 Å². The lowest BCUT2D eigenvalue weighted by Gasteiger charge is -2.09. The summed E-state index contributed by atoms with van der Waals surface area (Å²) in [7, 11) is 0. The molecule has 0 aromatic carbocycles. The summed E-state index contributed by atoms with van der Waals surface area (Å²) in [6.45, 7) is 2.79. The minimum atomic E-state index is 0.401. The Kier molecular flexibility index (Phi) is 2.93. The van der Waals surface area contributed by atoms with Crippen LogP contribution in [0.4, 0.5) is 0 Å². The molecule has 1 N–H and O–H groups in total. The van der Waals surface area contributed by atoms with Gasteiger partial charge in [0.15, 0.2) is 0 Å². The van der Waals surface area contributed by atoms with Crippen molar-refractivity contribution in [3.05, 3.63) is 18.2 Å². The zero-order valence-corrected chi connectivity index (χ0v) is 9.56. The summed E-state index contributed by atoms with van der Waals surface area (Å²) in [5.41, 5.74) is 1.14. The SMILES string of the molecule is c1nc(CNC2CC2)cn1CC1CCCO1. The van der Waals surface area contributed by atoms with Crippen LogP contribution in [0.15, 0.2) is 12.5 Å². The Morgan fingerprint density at radius 1 is 1.44 bits per heavy atom. The van der Waals surface area contributed by atoms with Gasteiger partial charge in [-0.2, -0.15) is 0 Å². The standard InChI is InChI=1S/C12H19N3O/c1-2-12(16-5-1)8-15-7-11(14-9-15)6-13-10-3-4-10/h7,9-10,12-13H,1-6,8H2. The summed E-state index contributed by atoms with van der Waals surface area (Å²) in [6.07, 6.45) is 9.51. The molecule has 3 rings (SSSR count). The molecule has 2 heterocycles. The Bertz CT molecular complexity index is 340. The van der Waals surface area contributed by atoms with E-state index in [0.29, 0.717) is 6.10 Å². The van der Waals surface area contributed by atoms with Crippen LogP contribution in [0.25, 0.3) is 0 Å². The average molecular weight is 221 g/mol. The highest BCUT2D eigenvalue weighted by atomic mass is 16.5. The lowest BCUT2D eigenvalue weighted by Crippen LogP contribution is -2.16. The number of nitrogens with one attached hydrogen (secondary N) is 1. The van der Waals surface area contributed by atoms with E-state index in [1.165, 1.54) is 25.7 Å². The van der Waals surface area contributed by atoms with E-state index in [0.717, 1.165) is 31.4 Å². The van der Waals surface area contributed by atoms with Crippen LogP contribution >= 0.6 is 0 Å². The lowest BCUT2D eigenvalue weighted by molar-refractivity contribution is 0.0970. The van der Waals surface area contributed by atoms with Gasteiger partial charge in [0.2, 0.25) is 0 Å². The first-order valence-corrected chi connectivity index (χ1v) is 6.26. The molecule has 1 unspecified atom stereocenters. The molecule has 4 heteroatoms. The fourth-order valence-corrected chi connectivity index (χ4v) is 2.16. The van der Waals surface area contributed by atoms with Crippen molar-refractivity contribution in [3.8, 4) is 0 Å². The first-order valence-electron chi connectivity index (χ1n) is 6.26. The molecule has 2 fully saturated rings. The minimum absolute atomic E-state index is 0.401. The third kappa shape index (κ3) is 2.62. The van der Waals surface area contributed by atoms with Gasteiger partial charge in [-0.05, 0) is 25.7 Å². The summed E-state index contributed by atoms with van der Waals surface area (Å²) in [5, 5.41) is 3.47. The average Bonchev–Trinajstić information content (AvgIpc) is 2.78. The third-order valence-corrected chi connectivity index (χ3v) is 3.27. The highest BCUT2D eigenvalue weighted by molar-refractivity contribution is 4.98. The zero-order valence-electron chi connectivity index (χ0n) is 9.56. The van der Waals surface area contributed by atoms with E-state index in [4.69, 9.17) is 4.74 Å². The second-order valence-electron chi connectivity index (χ2n) is 4.85. The van der Waals surface area contributed by atoms with E-state index in [9.17, 15) is 0 Å². The van der Waals surface area contributed by atoms with Crippen molar-refractivity contribution in [2.45, 2.75) is 50.9 Å². The molecule has 1 aliphatic heterocycles. The summed E-state index contributed by atoms with van der Waals surface area (Å²) in [5.74, 6) is 0. The number of aromatic nitrogens is 2. The Morgan fingerprint density at radius 3 is 3.12 bits per heavy atom. The van der Waals surface area contributed by atoms with Gasteiger partial charge in [0.25, 0.3) is 0 Å². The molecule has 1 aliphatic carbocycles. The first-order chi connectivity index (χ1) is 7.90. The Balaban J connectivity index is 1.50. The monoisotopic (exact) mass is 221 g/mol. The van der Waals surface area contributed by atoms with Gasteiger partial charge < -0.3 is 14.6 Å². The Hall–Kier alpha value is -0.870. The molecule has 1 saturated heterocycles. The molecule has 1 aromatic heterocycles. The number of hydrogen-bond acceptors (Lipinski definition) is 3. The molecule has 1 saturated carbocycles. The van der Waals surface area contributed by atoms with E-state index < -0.39 is 0 Å². The molecular formula is C12H19N3O. The minimum Gasteiger partial charge on any atom is -0.376 e. The molecule has 0 radical (unpaired) electrons. The second kappa shape index (κ2) is 4.55. The molecule has 0 spiro atoms. The van der Waals surface area contributed by atoms with Gasteiger partial charge in [-0.25, -0.2) is 4.98 Å². The zero-order chi connectivity index (χ0) is 10.8. The van der Waals surface area contributed by atoms with Gasteiger partial charge in [0.05, 0.1) is 18.1 Å². The maximum absolute atomic E-state index is 5.61. The molecule has 1 atom stereocenters. The van der Waals surface area contributed by atoms with Crippen LogP contribution in [0, 0.1) is 0 Å². The van der Waals surface area contributed by atoms with Crippen LogP contribution in [0.3, 0.4) is 0 Å². The van der Waals surface area contributed by atoms with Crippen LogP contribution in [-0.4, -0.2) is 28.3 Å². The van der Waals surface area contributed by atoms with Gasteiger partial charge in [-0.1, -0.05) is 0 Å². The van der Waals surface area contributed by atoms with Gasteiger partial charge in [-0.3, -0.25) is 0 Å². The fourth-order valence-electron chi connectivity index (χ4n) is 2.16. The van der Waals surface area contributed by atoms with Crippen molar-refractivity contribution >= 4 is 0 Å². The topological polar surface area (TPSA) is 39.1 Å². The molecule has 4 nitrogen and oxygen atoms in total. The van der Waals surface area contributed by atoms with Crippen LogP contribution in [-0.2, 0) is 17.8 Å². The highest BCUT2D eigenvalue weighted by Crippen LogP contribution is 2.19. The quantitative estimate of drug-likeness (QED) is 0.815. The molecule has 88 valence electrons. The number of hydrogen-bond donors (Lipinski definition) is 1. The summed E-state index contributed by atoms with van der Waals surface area (Å²) >= 11 is 0. The van der Waals surface area contributed by atoms with Gasteiger partial charge >= 0.3 is 0 Å². The van der Waals surface area contributed by atoms with Crippen LogP contribution in [0.1, 0.15) is 31.4 Å². The Morgan fingerprint density at radius 2 is 2.38 bits per heavy atom. The maximum atomic E-state index is 5.61. The van der Waals surface area contributed by atoms with Crippen molar-refractivity contribution in [3.63, 3.8) is 0 Å². The first kappa shape index (κ1) is 10.3. The number of rotatable bonds is 5. The number of nitrogens with zero attached hydrogens (tertiary/aromatic N) is 2. The van der Waals surface area contributed by atoms with Crippen LogP contribution in [0.5, 0.6) is 0 Å². The summed E-state index contributed by atoms with van der Waals surface area (Å²) in [4.78, 5) is 4.40. The lowest BCUT2D eigenvalue weighted by atomic mass is 10.2. The van der Waals surface area contributed by atoms with E-state index in [1.54, 1.807) is 0 Å². The normalized spacial score (nSPS) is 25.1. The molecule has 16 heavy (non-hydrogen) atoms. The van der Waals surface area contributed by atoms with E-state index in [1.807, 2.05) is 6.33 Å². The van der Waals surface area contributed by atoms with Crippen molar-refractivity contribution in [1.82, 2.24) is 14.9 Å². The maximum Gasteiger partial charge on any atom is 0.0950 e. The highest BCUT2D eigenvalue weighted by Gasteiger charge is 2.20. The van der Waals surface area contributed by atoms with Crippen molar-refractivity contribution in [1.29, 1.82) is 0 Å². The van der Waals surface area contributed by atoms with E-state index in [2.05, 4.69) is 21.1 Å². The molecule has 2 aliphatic rings. The predicted octanol–water partition coefficient (Wildman–Crippen LogP) is 1.31. The number of imidazole rings is 1. The largest absolute Gasteiger partial charge is 0.376 e. The second-order valence-corrected chi connectivity index (χ2v) is 4.85. The van der Waals surface area contributed by atoms with Crippen molar-refractivity contribution in [2.24, 2.45) is 0 Å². The van der Waals surface area contributed by atoms with Gasteiger partial charge in [0, 0.05) is 31.9 Å². The molecular weight excluding hydrogens is 202 g/mol. The molecule has 0 amide bonds. The number of ether oxygens (including phenoxy) is 1. The smallest absolute Gasteiger partial charge is 0.0950 e. The molecule has 1 aromatic rings. The molecule has 0 bridgehead atoms. The summed E-state index contributed by atoms with van der Waals surface area (Å²) in [6, 6.07) is 0.753.